The van der Waals surface area contributed by atoms with E-state index in [9.17, 15) is 45.3 Å². The number of aliphatic hydroxyl groups excluding tert-OH is 3. The van der Waals surface area contributed by atoms with Gasteiger partial charge in [-0.05, 0) is 48.0 Å². The first-order valence-corrected chi connectivity index (χ1v) is 13.4. The molecule has 5 atom stereocenters. The zero-order chi connectivity index (χ0) is 32.4. The monoisotopic (exact) mass is 624 g/mol. The lowest BCUT2D eigenvalue weighted by Crippen LogP contribution is -2.60. The molecule has 14 nitrogen and oxygen atoms in total. The van der Waals surface area contributed by atoms with Crippen molar-refractivity contribution in [2.45, 2.75) is 30.7 Å². The highest BCUT2D eigenvalue weighted by atomic mass is 16.7. The fourth-order valence-corrected chi connectivity index (χ4v) is 4.62. The smallest absolute Gasteiger partial charge is 0.330 e. The van der Waals surface area contributed by atoms with Crippen molar-refractivity contribution in [2.24, 2.45) is 0 Å². The van der Waals surface area contributed by atoms with Crippen LogP contribution in [0.15, 0.2) is 69.9 Å². The molecule has 1 fully saturated rings. The van der Waals surface area contributed by atoms with Crippen LogP contribution in [0, 0.1) is 0 Å². The number of aromatic hydroxyl groups is 4. The van der Waals surface area contributed by atoms with Gasteiger partial charge in [0, 0.05) is 23.8 Å². The fourth-order valence-electron chi connectivity index (χ4n) is 4.62. The number of esters is 1. The molecule has 7 N–H and O–H groups in total. The second-order valence-corrected chi connectivity index (χ2v) is 10.0. The van der Waals surface area contributed by atoms with Gasteiger partial charge in [0.05, 0.1) is 7.11 Å². The number of benzene rings is 3. The first-order valence-electron chi connectivity index (χ1n) is 13.4. The Morgan fingerprint density at radius 2 is 1.62 bits per heavy atom. The van der Waals surface area contributed by atoms with Crippen molar-refractivity contribution in [2.75, 3.05) is 13.7 Å². The van der Waals surface area contributed by atoms with E-state index in [2.05, 4.69) is 0 Å². The average Bonchev–Trinajstić information content (AvgIpc) is 3.01. The fraction of sp³-hybridized carbons (Fsp3) is 0.226. The van der Waals surface area contributed by atoms with Gasteiger partial charge < -0.3 is 59.1 Å². The van der Waals surface area contributed by atoms with Gasteiger partial charge in [0.25, 0.3) is 0 Å². The standard InChI is InChI=1S/C31H28O14/c1-41-20-10-14(2-8-18(20)34)3-9-23(36)42-13-22-25(37)27(39)28(40)31(44-22)45-30-26(38)24-19(35)11-17(33)12-21(24)43-29(30)15-4-6-16(32)7-5-15/h2-12,22,25,27-28,31-35,37,39-40H,13H2,1H3. The first kappa shape index (κ1) is 31.2. The van der Waals surface area contributed by atoms with Crippen LogP contribution in [0.1, 0.15) is 5.56 Å². The summed E-state index contributed by atoms with van der Waals surface area (Å²) >= 11 is 0. The highest BCUT2D eigenvalue weighted by Crippen LogP contribution is 2.37. The predicted molar refractivity (Wildman–Crippen MR) is 155 cm³/mol. The molecule has 1 aromatic heterocycles. The van der Waals surface area contributed by atoms with Gasteiger partial charge in [0.15, 0.2) is 17.3 Å². The molecule has 0 aliphatic carbocycles. The lowest BCUT2D eigenvalue weighted by Gasteiger charge is -2.39. The Morgan fingerprint density at radius 3 is 2.33 bits per heavy atom. The lowest BCUT2D eigenvalue weighted by molar-refractivity contribution is -0.278. The second kappa shape index (κ2) is 12.8. The third kappa shape index (κ3) is 6.49. The minimum absolute atomic E-state index is 0.0917. The van der Waals surface area contributed by atoms with E-state index in [-0.39, 0.29) is 39.5 Å². The van der Waals surface area contributed by atoms with Crippen molar-refractivity contribution in [1.29, 1.82) is 0 Å². The quantitative estimate of drug-likeness (QED) is 0.110. The number of phenolic OH excluding ortho intramolecular Hbond substituents is 4. The summed E-state index contributed by atoms with van der Waals surface area (Å²) in [6.45, 7) is -0.607. The molecule has 1 aliphatic rings. The molecule has 0 amide bonds. The summed E-state index contributed by atoms with van der Waals surface area (Å²) in [6, 6.07) is 11.7. The number of hydrogen-bond acceptors (Lipinski definition) is 14. The topological polar surface area (TPSA) is 226 Å². The SMILES string of the molecule is COc1cc(C=CC(=O)OCC2OC(Oc3c(-c4ccc(O)cc4)oc4cc(O)cc(O)c4c3=O)C(O)C(O)C2O)ccc1O. The van der Waals surface area contributed by atoms with Crippen molar-refractivity contribution in [3.8, 4) is 45.8 Å². The molecule has 14 heteroatoms. The summed E-state index contributed by atoms with van der Waals surface area (Å²) in [5.41, 5.74) is -0.439. The Kier molecular flexibility index (Phi) is 8.83. The third-order valence-corrected chi connectivity index (χ3v) is 6.96. The molecule has 236 valence electrons. The molecular weight excluding hydrogens is 596 g/mol. The maximum Gasteiger partial charge on any atom is 0.330 e. The van der Waals surface area contributed by atoms with Gasteiger partial charge in [0.1, 0.15) is 59.2 Å². The molecule has 2 heterocycles. The van der Waals surface area contributed by atoms with Crippen LogP contribution in [0.4, 0.5) is 0 Å². The molecule has 0 radical (unpaired) electrons. The molecule has 5 unspecified atom stereocenters. The molecule has 5 rings (SSSR count). The molecular formula is C31H28O14. The summed E-state index contributed by atoms with van der Waals surface area (Å²) < 4.78 is 27.3. The zero-order valence-corrected chi connectivity index (χ0v) is 23.4. The van der Waals surface area contributed by atoms with E-state index in [1.807, 2.05) is 0 Å². The van der Waals surface area contributed by atoms with Crippen molar-refractivity contribution in [1.82, 2.24) is 0 Å². The largest absolute Gasteiger partial charge is 0.508 e. The van der Waals surface area contributed by atoms with Crippen LogP contribution in [-0.4, -0.2) is 86.1 Å². The number of methoxy groups -OCH3 is 1. The van der Waals surface area contributed by atoms with Gasteiger partial charge >= 0.3 is 5.97 Å². The van der Waals surface area contributed by atoms with Crippen LogP contribution in [-0.2, 0) is 14.3 Å². The van der Waals surface area contributed by atoms with Gasteiger partial charge in [0.2, 0.25) is 17.5 Å². The van der Waals surface area contributed by atoms with Gasteiger partial charge in [-0.15, -0.1) is 0 Å². The van der Waals surface area contributed by atoms with Crippen LogP contribution in [0.25, 0.3) is 28.4 Å². The molecule has 1 saturated heterocycles. The number of phenols is 4. The predicted octanol–water partition coefficient (Wildman–Crippen LogP) is 1.73. The Labute approximate surface area is 253 Å². The average molecular weight is 625 g/mol. The highest BCUT2D eigenvalue weighted by molar-refractivity contribution is 5.88. The van der Waals surface area contributed by atoms with E-state index in [1.165, 1.54) is 55.7 Å². The van der Waals surface area contributed by atoms with Crippen molar-refractivity contribution in [3.63, 3.8) is 0 Å². The highest BCUT2D eigenvalue weighted by Gasteiger charge is 2.46. The molecule has 3 aromatic carbocycles. The summed E-state index contributed by atoms with van der Waals surface area (Å²) in [7, 11) is 1.37. The van der Waals surface area contributed by atoms with Crippen molar-refractivity contribution < 1.29 is 63.9 Å². The minimum Gasteiger partial charge on any atom is -0.508 e. The second-order valence-electron chi connectivity index (χ2n) is 10.0. The molecule has 0 spiro atoms. The minimum atomic E-state index is -1.91. The zero-order valence-electron chi connectivity index (χ0n) is 23.4. The van der Waals surface area contributed by atoms with Gasteiger partial charge in [-0.25, -0.2) is 4.79 Å². The number of hydrogen-bond donors (Lipinski definition) is 7. The lowest BCUT2D eigenvalue weighted by atomic mass is 9.99. The number of aliphatic hydroxyl groups is 3. The van der Waals surface area contributed by atoms with E-state index in [4.69, 9.17) is 23.4 Å². The molecule has 45 heavy (non-hydrogen) atoms. The Bertz CT molecular complexity index is 1800. The summed E-state index contributed by atoms with van der Waals surface area (Å²) in [5.74, 6) is -2.72. The maximum atomic E-state index is 13.6. The summed E-state index contributed by atoms with van der Waals surface area (Å²) in [5, 5.41) is 71.1. The summed E-state index contributed by atoms with van der Waals surface area (Å²) in [6.07, 6.45) is -6.33. The Morgan fingerprint density at radius 1 is 0.889 bits per heavy atom. The number of ether oxygens (including phenoxy) is 4. The van der Waals surface area contributed by atoms with E-state index < -0.39 is 66.0 Å². The van der Waals surface area contributed by atoms with Gasteiger partial charge in [-0.1, -0.05) is 6.07 Å². The van der Waals surface area contributed by atoms with Gasteiger partial charge in [-0.3, -0.25) is 4.79 Å². The van der Waals surface area contributed by atoms with E-state index >= 15 is 0 Å². The Hall–Kier alpha value is -5.28. The van der Waals surface area contributed by atoms with Crippen molar-refractivity contribution >= 4 is 23.0 Å². The molecule has 0 saturated carbocycles. The summed E-state index contributed by atoms with van der Waals surface area (Å²) in [4.78, 5) is 25.9. The third-order valence-electron chi connectivity index (χ3n) is 6.96. The van der Waals surface area contributed by atoms with E-state index in [1.54, 1.807) is 0 Å². The number of rotatable bonds is 8. The molecule has 1 aliphatic heterocycles. The first-order chi connectivity index (χ1) is 21.5. The molecule has 0 bridgehead atoms. The number of carbonyl (C=O) groups is 1. The number of fused-ring (bicyclic) bond motifs is 1. The van der Waals surface area contributed by atoms with Crippen LogP contribution in [0.3, 0.4) is 0 Å². The van der Waals surface area contributed by atoms with Crippen LogP contribution < -0.4 is 14.9 Å². The van der Waals surface area contributed by atoms with Crippen LogP contribution >= 0.6 is 0 Å². The van der Waals surface area contributed by atoms with Crippen molar-refractivity contribution in [3.05, 3.63) is 76.5 Å². The van der Waals surface area contributed by atoms with E-state index in [0.29, 0.717) is 5.56 Å². The Balaban J connectivity index is 1.40. The maximum absolute atomic E-state index is 13.6. The van der Waals surface area contributed by atoms with Crippen LogP contribution in [0.2, 0.25) is 0 Å². The number of carbonyl (C=O) groups excluding carboxylic acids is 1. The van der Waals surface area contributed by atoms with Gasteiger partial charge in [-0.2, -0.15) is 0 Å². The van der Waals surface area contributed by atoms with Crippen LogP contribution in [0.5, 0.6) is 34.5 Å². The van der Waals surface area contributed by atoms with E-state index in [0.717, 1.165) is 18.2 Å². The molecule has 4 aromatic rings. The normalized spacial score (nSPS) is 21.6.